The van der Waals surface area contributed by atoms with Crippen molar-refractivity contribution in [2.45, 2.75) is 19.8 Å². The number of phenols is 1. The monoisotopic (exact) mass is 433 g/mol. The predicted molar refractivity (Wildman–Crippen MR) is 107 cm³/mol. The molecule has 0 aliphatic carbocycles. The number of ether oxygens (including phenoxy) is 1. The van der Waals surface area contributed by atoms with Gasteiger partial charge in [-0.3, -0.25) is 9.59 Å². The van der Waals surface area contributed by atoms with Gasteiger partial charge < -0.3 is 15.2 Å². The third kappa shape index (κ3) is 6.41. The fraction of sp³-hybridized carbons (Fsp3) is 0.211. The summed E-state index contributed by atoms with van der Waals surface area (Å²) in [5, 5.41) is 16.3. The number of carbonyl (C=O) groups is 2. The van der Waals surface area contributed by atoms with Gasteiger partial charge in [-0.05, 0) is 52.7 Å². The third-order valence-electron chi connectivity index (χ3n) is 3.59. The summed E-state index contributed by atoms with van der Waals surface area (Å²) in [7, 11) is 1.44. The molecule has 0 aromatic heterocycles. The number of hydrogen-bond acceptors (Lipinski definition) is 5. The SMILES string of the molecule is COc1cc(C=NNC(=O)CCC(=O)Nc2ccc(C)cc2)cc(Br)c1O. The van der Waals surface area contributed by atoms with Crippen molar-refractivity contribution in [3.63, 3.8) is 0 Å². The smallest absolute Gasteiger partial charge is 0.240 e. The standard InChI is InChI=1S/C19H20BrN3O4/c1-12-3-5-14(6-4-12)22-17(24)7-8-18(25)23-21-11-13-9-15(20)19(26)16(10-13)27-2/h3-6,9-11,26H,7-8H2,1-2H3,(H,22,24)(H,23,25). The molecule has 2 aromatic rings. The second kappa shape index (κ2) is 9.72. The molecular formula is C19H20BrN3O4. The van der Waals surface area contributed by atoms with Gasteiger partial charge in [0.1, 0.15) is 0 Å². The summed E-state index contributed by atoms with van der Waals surface area (Å²) in [5.41, 5.74) is 4.77. The number of methoxy groups -OCH3 is 1. The number of amides is 2. The van der Waals surface area contributed by atoms with Crippen LogP contribution in [0.15, 0.2) is 46.0 Å². The van der Waals surface area contributed by atoms with Crippen molar-refractivity contribution in [3.05, 3.63) is 52.0 Å². The van der Waals surface area contributed by atoms with E-state index in [1.807, 2.05) is 31.2 Å². The van der Waals surface area contributed by atoms with Crippen LogP contribution in [0.4, 0.5) is 5.69 Å². The lowest BCUT2D eigenvalue weighted by Crippen LogP contribution is -2.20. The fourth-order valence-electron chi connectivity index (χ4n) is 2.15. The Morgan fingerprint density at radius 2 is 1.85 bits per heavy atom. The van der Waals surface area contributed by atoms with Crippen LogP contribution in [0.5, 0.6) is 11.5 Å². The van der Waals surface area contributed by atoms with Crippen LogP contribution in [-0.2, 0) is 9.59 Å². The van der Waals surface area contributed by atoms with Crippen LogP contribution in [0.3, 0.4) is 0 Å². The number of nitrogens with one attached hydrogen (secondary N) is 2. The molecule has 0 bridgehead atoms. The number of hydrazone groups is 1. The zero-order chi connectivity index (χ0) is 19.8. The van der Waals surface area contributed by atoms with Gasteiger partial charge in [-0.15, -0.1) is 0 Å². The van der Waals surface area contributed by atoms with Gasteiger partial charge >= 0.3 is 0 Å². The maximum absolute atomic E-state index is 11.9. The largest absolute Gasteiger partial charge is 0.503 e. The average molecular weight is 434 g/mol. The third-order valence-corrected chi connectivity index (χ3v) is 4.19. The maximum atomic E-state index is 11.9. The molecule has 0 saturated carbocycles. The first-order valence-corrected chi connectivity index (χ1v) is 8.93. The average Bonchev–Trinajstić information content (AvgIpc) is 2.64. The number of phenolic OH excluding ortho intramolecular Hbond substituents is 1. The van der Waals surface area contributed by atoms with Crippen molar-refractivity contribution in [1.82, 2.24) is 5.43 Å². The van der Waals surface area contributed by atoms with E-state index in [1.165, 1.54) is 13.3 Å². The summed E-state index contributed by atoms with van der Waals surface area (Å²) >= 11 is 3.21. The summed E-state index contributed by atoms with van der Waals surface area (Å²) in [6.07, 6.45) is 1.47. The molecule has 0 spiro atoms. The fourth-order valence-corrected chi connectivity index (χ4v) is 2.61. The number of hydrogen-bond donors (Lipinski definition) is 3. The molecule has 0 fully saturated rings. The van der Waals surface area contributed by atoms with Gasteiger partial charge in [0.25, 0.3) is 0 Å². The Bertz CT molecular complexity index is 851. The van der Waals surface area contributed by atoms with E-state index in [2.05, 4.69) is 31.8 Å². The zero-order valence-electron chi connectivity index (χ0n) is 15.0. The number of aromatic hydroxyl groups is 1. The second-order valence-electron chi connectivity index (χ2n) is 5.76. The molecule has 0 aliphatic rings. The Labute approximate surface area is 165 Å². The Kier molecular flexibility index (Phi) is 7.36. The lowest BCUT2D eigenvalue weighted by atomic mass is 10.2. The van der Waals surface area contributed by atoms with Crippen molar-refractivity contribution in [2.24, 2.45) is 5.10 Å². The van der Waals surface area contributed by atoms with Crippen LogP contribution >= 0.6 is 15.9 Å². The first kappa shape index (κ1) is 20.4. The van der Waals surface area contributed by atoms with E-state index in [1.54, 1.807) is 12.1 Å². The zero-order valence-corrected chi connectivity index (χ0v) is 16.5. The Hall–Kier alpha value is -2.87. The lowest BCUT2D eigenvalue weighted by molar-refractivity contribution is -0.124. The molecule has 0 aliphatic heterocycles. The van der Waals surface area contributed by atoms with Crippen LogP contribution < -0.4 is 15.5 Å². The molecule has 2 amide bonds. The predicted octanol–water partition coefficient (Wildman–Crippen LogP) is 3.34. The molecule has 0 atom stereocenters. The van der Waals surface area contributed by atoms with Crippen LogP contribution in [0.1, 0.15) is 24.0 Å². The molecule has 0 radical (unpaired) electrons. The number of rotatable bonds is 7. The van der Waals surface area contributed by atoms with Gasteiger partial charge in [0.15, 0.2) is 11.5 Å². The second-order valence-corrected chi connectivity index (χ2v) is 6.62. The minimum Gasteiger partial charge on any atom is -0.503 e. The van der Waals surface area contributed by atoms with Gasteiger partial charge in [0, 0.05) is 18.5 Å². The molecule has 2 rings (SSSR count). The van der Waals surface area contributed by atoms with Crippen LogP contribution in [-0.4, -0.2) is 30.2 Å². The number of carbonyl (C=O) groups excluding carboxylic acids is 2. The minimum atomic E-state index is -0.380. The Balaban J connectivity index is 1.80. The molecule has 142 valence electrons. The number of anilines is 1. The number of benzene rings is 2. The van der Waals surface area contributed by atoms with E-state index in [-0.39, 0.29) is 36.2 Å². The van der Waals surface area contributed by atoms with Gasteiger partial charge in [0.05, 0.1) is 17.8 Å². The van der Waals surface area contributed by atoms with Crippen molar-refractivity contribution in [1.29, 1.82) is 0 Å². The van der Waals surface area contributed by atoms with E-state index in [4.69, 9.17) is 4.74 Å². The molecule has 3 N–H and O–H groups in total. The highest BCUT2D eigenvalue weighted by atomic mass is 79.9. The summed E-state index contributed by atoms with van der Waals surface area (Å²) in [5.74, 6) is -0.358. The highest BCUT2D eigenvalue weighted by Gasteiger charge is 2.08. The molecule has 0 unspecified atom stereocenters. The van der Waals surface area contributed by atoms with E-state index in [0.29, 0.717) is 15.7 Å². The molecule has 0 saturated heterocycles. The van der Waals surface area contributed by atoms with Gasteiger partial charge in [-0.2, -0.15) is 5.10 Å². The molecule has 2 aromatic carbocycles. The van der Waals surface area contributed by atoms with Crippen LogP contribution in [0.25, 0.3) is 0 Å². The first-order chi connectivity index (χ1) is 12.9. The Morgan fingerprint density at radius 3 is 2.52 bits per heavy atom. The summed E-state index contributed by atoms with van der Waals surface area (Å²) in [4.78, 5) is 23.7. The minimum absolute atomic E-state index is 0.0115. The summed E-state index contributed by atoms with van der Waals surface area (Å²) in [6.45, 7) is 1.96. The molecule has 0 heterocycles. The number of halogens is 1. The van der Waals surface area contributed by atoms with Gasteiger partial charge in [-0.1, -0.05) is 17.7 Å². The molecule has 27 heavy (non-hydrogen) atoms. The Morgan fingerprint density at radius 1 is 1.19 bits per heavy atom. The van der Waals surface area contributed by atoms with Crippen LogP contribution in [0, 0.1) is 6.92 Å². The van der Waals surface area contributed by atoms with Crippen molar-refractivity contribution < 1.29 is 19.4 Å². The molecule has 8 heteroatoms. The molecular weight excluding hydrogens is 414 g/mol. The van der Waals surface area contributed by atoms with E-state index >= 15 is 0 Å². The van der Waals surface area contributed by atoms with Gasteiger partial charge in [-0.25, -0.2) is 5.43 Å². The van der Waals surface area contributed by atoms with Crippen molar-refractivity contribution in [3.8, 4) is 11.5 Å². The van der Waals surface area contributed by atoms with Crippen molar-refractivity contribution in [2.75, 3.05) is 12.4 Å². The maximum Gasteiger partial charge on any atom is 0.240 e. The van der Waals surface area contributed by atoms with E-state index in [0.717, 1.165) is 5.56 Å². The highest BCUT2D eigenvalue weighted by Crippen LogP contribution is 2.34. The summed E-state index contributed by atoms with van der Waals surface area (Å²) in [6, 6.07) is 10.6. The van der Waals surface area contributed by atoms with E-state index < -0.39 is 0 Å². The van der Waals surface area contributed by atoms with Crippen LogP contribution in [0.2, 0.25) is 0 Å². The lowest BCUT2D eigenvalue weighted by Gasteiger charge is -2.06. The normalized spacial score (nSPS) is 10.6. The number of aryl methyl sites for hydroxylation is 1. The van der Waals surface area contributed by atoms with E-state index in [9.17, 15) is 14.7 Å². The summed E-state index contributed by atoms with van der Waals surface area (Å²) < 4.78 is 5.49. The highest BCUT2D eigenvalue weighted by molar-refractivity contribution is 9.10. The quantitative estimate of drug-likeness (QED) is 0.460. The van der Waals surface area contributed by atoms with Gasteiger partial charge in [0.2, 0.25) is 11.8 Å². The number of nitrogens with zero attached hydrogens (tertiary/aromatic N) is 1. The first-order valence-electron chi connectivity index (χ1n) is 8.14. The van der Waals surface area contributed by atoms with Crippen molar-refractivity contribution >= 4 is 39.6 Å². The topological polar surface area (TPSA) is 100 Å². The molecule has 7 nitrogen and oxygen atoms in total.